The van der Waals surface area contributed by atoms with Crippen molar-refractivity contribution in [3.63, 3.8) is 0 Å². The third kappa shape index (κ3) is 6.46. The molecule has 8 heteroatoms. The predicted octanol–water partition coefficient (Wildman–Crippen LogP) is 5.34. The fraction of sp³-hybridized carbons (Fsp3) is 0.115. The van der Waals surface area contributed by atoms with Gasteiger partial charge in [0.25, 0.3) is 0 Å². The Hall–Kier alpha value is -4.10. The number of benzene rings is 3. The summed E-state index contributed by atoms with van der Waals surface area (Å²) in [5.74, 6) is 1.58. The van der Waals surface area contributed by atoms with E-state index in [0.29, 0.717) is 47.7 Å². The molecule has 4 aromatic rings. The molecule has 1 aromatic heterocycles. The van der Waals surface area contributed by atoms with Crippen LogP contribution in [0.25, 0.3) is 0 Å². The molecule has 0 saturated carbocycles. The highest BCUT2D eigenvalue weighted by atomic mass is 35.5. The van der Waals surface area contributed by atoms with Crippen LogP contribution in [0.15, 0.2) is 85.2 Å². The van der Waals surface area contributed by atoms with Crippen LogP contribution in [-0.4, -0.2) is 16.1 Å². The van der Waals surface area contributed by atoms with Crippen LogP contribution in [0.5, 0.6) is 17.2 Å². The van der Waals surface area contributed by atoms with Gasteiger partial charge in [-0.15, -0.1) is 0 Å². The fourth-order valence-corrected chi connectivity index (χ4v) is 3.39. The number of halogens is 1. The fourth-order valence-electron chi connectivity index (χ4n) is 3.22. The number of primary amides is 1. The second kappa shape index (κ2) is 11.2. The highest BCUT2D eigenvalue weighted by molar-refractivity contribution is 6.30. The quantitative estimate of drug-likeness (QED) is 0.351. The minimum atomic E-state index is -0.855. The van der Waals surface area contributed by atoms with Crippen molar-refractivity contribution < 1.29 is 19.0 Å². The lowest BCUT2D eigenvalue weighted by Crippen LogP contribution is -2.16. The number of rotatable bonds is 9. The van der Waals surface area contributed by atoms with Crippen LogP contribution in [0.1, 0.15) is 22.4 Å². The highest BCUT2D eigenvalue weighted by Crippen LogP contribution is 2.31. The van der Waals surface area contributed by atoms with Gasteiger partial charge in [0.1, 0.15) is 19.0 Å². The molecule has 4 rings (SSSR count). The Bertz CT molecular complexity index is 1250. The van der Waals surface area contributed by atoms with Gasteiger partial charge in [0.15, 0.2) is 16.7 Å². The molecule has 7 nitrogen and oxygen atoms in total. The van der Waals surface area contributed by atoms with E-state index in [-0.39, 0.29) is 0 Å². The summed E-state index contributed by atoms with van der Waals surface area (Å²) in [6, 6.07) is 22.5. The summed E-state index contributed by atoms with van der Waals surface area (Å²) in [6.07, 6.45) is 2.83. The molecule has 2 N–H and O–H groups in total. The van der Waals surface area contributed by atoms with Crippen LogP contribution in [0.4, 0.5) is 4.79 Å². The van der Waals surface area contributed by atoms with Crippen LogP contribution in [0, 0.1) is 0 Å². The van der Waals surface area contributed by atoms with E-state index in [1.807, 2.05) is 48.5 Å². The van der Waals surface area contributed by atoms with E-state index < -0.39 is 6.09 Å². The molecular formula is C26H22ClN3O4. The van der Waals surface area contributed by atoms with E-state index in [0.717, 1.165) is 16.7 Å². The Kier molecular flexibility index (Phi) is 7.57. The summed E-state index contributed by atoms with van der Waals surface area (Å²) in [5.41, 5.74) is 8.62. The van der Waals surface area contributed by atoms with Gasteiger partial charge in [-0.2, -0.15) is 0 Å². The first-order valence-electron chi connectivity index (χ1n) is 10.5. The minimum absolute atomic E-state index is 0.299. The van der Waals surface area contributed by atoms with E-state index in [4.69, 9.17) is 31.5 Å². The molecule has 0 unspecified atom stereocenters. The Morgan fingerprint density at radius 2 is 1.44 bits per heavy atom. The van der Waals surface area contributed by atoms with Crippen LogP contribution in [0.3, 0.4) is 0 Å². The first-order valence-corrected chi connectivity index (χ1v) is 10.9. The van der Waals surface area contributed by atoms with Crippen LogP contribution < -0.4 is 19.9 Å². The van der Waals surface area contributed by atoms with E-state index in [1.54, 1.807) is 36.7 Å². The van der Waals surface area contributed by atoms with Crippen LogP contribution >= 0.6 is 11.6 Å². The van der Waals surface area contributed by atoms with Gasteiger partial charge in [-0.05, 0) is 41.0 Å². The zero-order valence-corrected chi connectivity index (χ0v) is 18.9. The van der Waals surface area contributed by atoms with Crippen LogP contribution in [-0.2, 0) is 19.6 Å². The molecule has 172 valence electrons. The second-order valence-corrected chi connectivity index (χ2v) is 7.74. The van der Waals surface area contributed by atoms with Gasteiger partial charge >= 0.3 is 6.09 Å². The number of hydrogen-bond acceptors (Lipinski definition) is 6. The Morgan fingerprint density at radius 3 is 2.15 bits per heavy atom. The summed E-state index contributed by atoms with van der Waals surface area (Å²) >= 11 is 6.18. The van der Waals surface area contributed by atoms with Gasteiger partial charge < -0.3 is 19.9 Å². The molecule has 0 aliphatic rings. The van der Waals surface area contributed by atoms with E-state index in [2.05, 4.69) is 9.97 Å². The number of nitrogens with two attached hydrogens (primary N) is 1. The van der Waals surface area contributed by atoms with Crippen molar-refractivity contribution >= 4 is 17.7 Å². The van der Waals surface area contributed by atoms with E-state index >= 15 is 0 Å². The van der Waals surface area contributed by atoms with Gasteiger partial charge in [-0.3, -0.25) is 4.98 Å². The summed E-state index contributed by atoms with van der Waals surface area (Å²) in [5, 5.41) is 0.373. The monoisotopic (exact) mass is 475 g/mol. The van der Waals surface area contributed by atoms with Gasteiger partial charge in [-0.1, -0.05) is 60.1 Å². The number of ether oxygens (including phenoxy) is 3. The number of carbonyl (C=O) groups is 1. The van der Waals surface area contributed by atoms with Crippen molar-refractivity contribution in [1.82, 2.24) is 9.97 Å². The normalized spacial score (nSPS) is 10.5. The Labute approximate surface area is 202 Å². The second-order valence-electron chi connectivity index (χ2n) is 7.38. The molecule has 0 spiro atoms. The van der Waals surface area contributed by atoms with Gasteiger partial charge in [-0.25, -0.2) is 9.78 Å². The largest absolute Gasteiger partial charge is 0.485 e. The van der Waals surface area contributed by atoms with Crippen molar-refractivity contribution in [3.8, 4) is 17.2 Å². The molecule has 3 aromatic carbocycles. The average molecular weight is 476 g/mol. The molecule has 1 amide bonds. The smallest absolute Gasteiger partial charge is 0.409 e. The number of hydrogen-bond donors (Lipinski definition) is 1. The summed E-state index contributed by atoms with van der Waals surface area (Å²) < 4.78 is 17.0. The van der Waals surface area contributed by atoms with Crippen LogP contribution in [0.2, 0.25) is 5.15 Å². The maximum atomic E-state index is 10.9. The molecule has 1 heterocycles. The molecule has 0 aliphatic heterocycles. The van der Waals surface area contributed by atoms with E-state index in [1.165, 1.54) is 0 Å². The first-order chi connectivity index (χ1) is 16.6. The molecule has 0 radical (unpaired) electrons. The lowest BCUT2D eigenvalue weighted by molar-refractivity contribution is 0.211. The Balaban J connectivity index is 1.51. The number of aromatic nitrogens is 2. The predicted molar refractivity (Wildman–Crippen MR) is 128 cm³/mol. The highest BCUT2D eigenvalue weighted by Gasteiger charge is 2.11. The SMILES string of the molecule is NC(=O)Oc1ccc(COc2ccc(Cc3nccnc3Cl)cc2OCc2ccccc2)cc1. The summed E-state index contributed by atoms with van der Waals surface area (Å²) in [7, 11) is 0. The summed E-state index contributed by atoms with van der Waals surface area (Å²) in [4.78, 5) is 19.3. The van der Waals surface area contributed by atoms with Crippen molar-refractivity contribution in [2.45, 2.75) is 19.6 Å². The van der Waals surface area contributed by atoms with Gasteiger partial charge in [0.2, 0.25) is 0 Å². The summed E-state index contributed by atoms with van der Waals surface area (Å²) in [6.45, 7) is 0.694. The molecule has 0 saturated heterocycles. The van der Waals surface area contributed by atoms with Crippen molar-refractivity contribution in [2.24, 2.45) is 5.73 Å². The zero-order chi connectivity index (χ0) is 23.8. The van der Waals surface area contributed by atoms with Gasteiger partial charge in [0.05, 0.1) is 5.69 Å². The van der Waals surface area contributed by atoms with Gasteiger partial charge in [0, 0.05) is 18.8 Å². The zero-order valence-electron chi connectivity index (χ0n) is 18.2. The third-order valence-electron chi connectivity index (χ3n) is 4.88. The lowest BCUT2D eigenvalue weighted by atomic mass is 10.1. The van der Waals surface area contributed by atoms with E-state index in [9.17, 15) is 4.79 Å². The number of amides is 1. The molecule has 0 fully saturated rings. The standard InChI is InChI=1S/C26H22ClN3O4/c27-25-22(29-12-13-30-25)14-20-8-11-23(24(15-20)33-16-18-4-2-1-3-5-18)32-17-19-6-9-21(10-7-19)34-26(28)31/h1-13,15H,14,16-17H2,(H2,28,31). The molecular weight excluding hydrogens is 454 g/mol. The third-order valence-corrected chi connectivity index (χ3v) is 5.19. The first kappa shape index (κ1) is 23.1. The minimum Gasteiger partial charge on any atom is -0.485 e. The maximum absolute atomic E-state index is 10.9. The number of carbonyl (C=O) groups excluding carboxylic acids is 1. The maximum Gasteiger partial charge on any atom is 0.409 e. The molecule has 0 aliphatic carbocycles. The number of nitrogens with zero attached hydrogens (tertiary/aromatic N) is 2. The lowest BCUT2D eigenvalue weighted by Gasteiger charge is -2.15. The average Bonchev–Trinajstić information content (AvgIpc) is 2.85. The molecule has 0 bridgehead atoms. The molecule has 34 heavy (non-hydrogen) atoms. The van der Waals surface area contributed by atoms with Crippen molar-refractivity contribution in [3.05, 3.63) is 113 Å². The topological polar surface area (TPSA) is 96.6 Å². The van der Waals surface area contributed by atoms with Crippen molar-refractivity contribution in [2.75, 3.05) is 0 Å². The molecule has 0 atom stereocenters. The van der Waals surface area contributed by atoms with Crippen molar-refractivity contribution in [1.29, 1.82) is 0 Å². The Morgan fingerprint density at radius 1 is 0.794 bits per heavy atom.